The molecule has 0 aliphatic carbocycles. The number of amides is 1. The molecule has 5 heteroatoms. The largest absolute Gasteiger partial charge is 0.480 e. The van der Waals surface area contributed by atoms with Gasteiger partial charge in [-0.1, -0.05) is 18.2 Å². The third-order valence-electron chi connectivity index (χ3n) is 3.21. The van der Waals surface area contributed by atoms with Crippen molar-refractivity contribution in [3.8, 4) is 0 Å². The van der Waals surface area contributed by atoms with Gasteiger partial charge in [-0.15, -0.1) is 0 Å². The van der Waals surface area contributed by atoms with Gasteiger partial charge in [-0.05, 0) is 25.5 Å². The number of aryl methyl sites for hydroxylation is 2. The van der Waals surface area contributed by atoms with E-state index in [1.54, 1.807) is 17.7 Å². The number of aliphatic carboxylic acids is 1. The standard InChI is InChI=1S/C14H16N2O3/c1-8-5-4-6-10-7-11(16(3)12(8)10)13(17)15-9(2)14(18)19/h4-7,9H,1-3H3,(H,15,17)(H,18,19)/t9-/m0/s1. The van der Waals surface area contributed by atoms with Crippen LogP contribution in [-0.4, -0.2) is 27.6 Å². The van der Waals surface area contributed by atoms with E-state index in [2.05, 4.69) is 5.32 Å². The molecule has 1 aromatic heterocycles. The Kier molecular flexibility index (Phi) is 3.29. The van der Waals surface area contributed by atoms with Gasteiger partial charge in [0.25, 0.3) is 5.91 Å². The number of carboxylic acid groups (broad SMARTS) is 1. The number of carbonyl (C=O) groups excluding carboxylic acids is 1. The smallest absolute Gasteiger partial charge is 0.325 e. The molecule has 5 nitrogen and oxygen atoms in total. The lowest BCUT2D eigenvalue weighted by Gasteiger charge is -2.10. The predicted molar refractivity (Wildman–Crippen MR) is 72.2 cm³/mol. The summed E-state index contributed by atoms with van der Waals surface area (Å²) in [5, 5.41) is 12.2. The Labute approximate surface area is 110 Å². The predicted octanol–water partition coefficient (Wildman–Crippen LogP) is 1.69. The molecule has 0 aliphatic heterocycles. The molecule has 1 heterocycles. The zero-order valence-corrected chi connectivity index (χ0v) is 11.1. The van der Waals surface area contributed by atoms with Crippen LogP contribution in [0.1, 0.15) is 23.0 Å². The number of para-hydroxylation sites is 1. The van der Waals surface area contributed by atoms with Crippen LogP contribution in [0.25, 0.3) is 10.9 Å². The number of rotatable bonds is 3. The van der Waals surface area contributed by atoms with Gasteiger partial charge in [0.15, 0.2) is 0 Å². The second kappa shape index (κ2) is 4.76. The van der Waals surface area contributed by atoms with E-state index in [4.69, 9.17) is 5.11 Å². The first-order valence-corrected chi connectivity index (χ1v) is 6.00. The minimum atomic E-state index is -1.05. The highest BCUT2D eigenvalue weighted by Crippen LogP contribution is 2.21. The van der Waals surface area contributed by atoms with E-state index in [1.807, 2.05) is 25.1 Å². The van der Waals surface area contributed by atoms with Gasteiger partial charge in [-0.2, -0.15) is 0 Å². The molecule has 0 radical (unpaired) electrons. The molecule has 2 rings (SSSR count). The van der Waals surface area contributed by atoms with Gasteiger partial charge in [0.2, 0.25) is 0 Å². The molecule has 1 amide bonds. The fourth-order valence-electron chi connectivity index (χ4n) is 2.17. The average Bonchev–Trinajstić information content (AvgIpc) is 2.68. The molecular formula is C14H16N2O3. The summed E-state index contributed by atoms with van der Waals surface area (Å²) in [6.45, 7) is 3.41. The molecule has 0 aliphatic rings. The zero-order chi connectivity index (χ0) is 14.2. The van der Waals surface area contributed by atoms with E-state index in [9.17, 15) is 9.59 Å². The number of nitrogens with zero attached hydrogens (tertiary/aromatic N) is 1. The SMILES string of the molecule is Cc1cccc2cc(C(=O)N[C@@H](C)C(=O)O)n(C)c12. The van der Waals surface area contributed by atoms with Gasteiger partial charge in [-0.25, -0.2) is 0 Å². The highest BCUT2D eigenvalue weighted by molar-refractivity contribution is 6.00. The van der Waals surface area contributed by atoms with Gasteiger partial charge in [0.05, 0.1) is 5.52 Å². The Bertz CT molecular complexity index is 658. The van der Waals surface area contributed by atoms with Gasteiger partial charge >= 0.3 is 5.97 Å². The number of carbonyl (C=O) groups is 2. The van der Waals surface area contributed by atoms with E-state index in [0.717, 1.165) is 16.5 Å². The Morgan fingerprint density at radius 3 is 2.63 bits per heavy atom. The van der Waals surface area contributed by atoms with Crippen LogP contribution in [0.15, 0.2) is 24.3 Å². The van der Waals surface area contributed by atoms with Crippen LogP contribution in [0.4, 0.5) is 0 Å². The van der Waals surface area contributed by atoms with Crippen LogP contribution in [0.3, 0.4) is 0 Å². The van der Waals surface area contributed by atoms with Gasteiger partial charge in [-0.3, -0.25) is 9.59 Å². The van der Waals surface area contributed by atoms with Crippen molar-refractivity contribution in [2.45, 2.75) is 19.9 Å². The summed E-state index contributed by atoms with van der Waals surface area (Å²) in [6.07, 6.45) is 0. The van der Waals surface area contributed by atoms with Gasteiger partial charge in [0.1, 0.15) is 11.7 Å². The summed E-state index contributed by atoms with van der Waals surface area (Å²) in [6, 6.07) is 6.70. The number of nitrogens with one attached hydrogen (secondary N) is 1. The van der Waals surface area contributed by atoms with E-state index >= 15 is 0 Å². The molecule has 0 spiro atoms. The van der Waals surface area contributed by atoms with Crippen LogP contribution in [0.5, 0.6) is 0 Å². The third kappa shape index (κ3) is 2.31. The Balaban J connectivity index is 2.41. The lowest BCUT2D eigenvalue weighted by molar-refractivity contribution is -0.138. The van der Waals surface area contributed by atoms with Crippen molar-refractivity contribution in [3.05, 3.63) is 35.5 Å². The fraction of sp³-hybridized carbons (Fsp3) is 0.286. The normalized spacial score (nSPS) is 12.4. The first-order valence-electron chi connectivity index (χ1n) is 6.00. The topological polar surface area (TPSA) is 71.3 Å². The van der Waals surface area contributed by atoms with Crippen LogP contribution in [0, 0.1) is 6.92 Å². The molecule has 0 bridgehead atoms. The highest BCUT2D eigenvalue weighted by Gasteiger charge is 2.19. The summed E-state index contributed by atoms with van der Waals surface area (Å²) in [5.74, 6) is -1.43. The number of hydrogen-bond acceptors (Lipinski definition) is 2. The lowest BCUT2D eigenvalue weighted by atomic mass is 10.2. The number of carboxylic acids is 1. The quantitative estimate of drug-likeness (QED) is 0.882. The van der Waals surface area contributed by atoms with E-state index in [1.165, 1.54) is 6.92 Å². The Morgan fingerprint density at radius 1 is 1.37 bits per heavy atom. The van der Waals surface area contributed by atoms with Gasteiger partial charge in [0, 0.05) is 12.4 Å². The third-order valence-corrected chi connectivity index (χ3v) is 3.21. The number of benzene rings is 1. The summed E-state index contributed by atoms with van der Waals surface area (Å²) in [4.78, 5) is 22.8. The maximum absolute atomic E-state index is 12.1. The molecular weight excluding hydrogens is 244 g/mol. The Morgan fingerprint density at radius 2 is 2.05 bits per heavy atom. The lowest BCUT2D eigenvalue weighted by Crippen LogP contribution is -2.39. The molecule has 1 aromatic carbocycles. The summed E-state index contributed by atoms with van der Waals surface area (Å²) in [5.41, 5.74) is 2.51. The van der Waals surface area contributed by atoms with E-state index in [-0.39, 0.29) is 5.91 Å². The van der Waals surface area contributed by atoms with E-state index in [0.29, 0.717) is 5.69 Å². The van der Waals surface area contributed by atoms with Crippen molar-refractivity contribution in [2.24, 2.45) is 7.05 Å². The minimum absolute atomic E-state index is 0.381. The van der Waals surface area contributed by atoms with Crippen molar-refractivity contribution >= 4 is 22.8 Å². The summed E-state index contributed by atoms with van der Waals surface area (Å²) in [7, 11) is 1.80. The molecule has 1 atom stereocenters. The first-order chi connectivity index (χ1) is 8.91. The molecule has 100 valence electrons. The maximum Gasteiger partial charge on any atom is 0.325 e. The summed E-state index contributed by atoms with van der Waals surface area (Å²) >= 11 is 0. The monoisotopic (exact) mass is 260 g/mol. The molecule has 19 heavy (non-hydrogen) atoms. The van der Waals surface area contributed by atoms with Crippen molar-refractivity contribution in [3.63, 3.8) is 0 Å². The minimum Gasteiger partial charge on any atom is -0.480 e. The van der Waals surface area contributed by atoms with Crippen molar-refractivity contribution in [2.75, 3.05) is 0 Å². The van der Waals surface area contributed by atoms with Crippen molar-refractivity contribution < 1.29 is 14.7 Å². The van der Waals surface area contributed by atoms with Crippen molar-refractivity contribution in [1.29, 1.82) is 0 Å². The second-order valence-electron chi connectivity index (χ2n) is 4.63. The molecule has 0 unspecified atom stereocenters. The highest BCUT2D eigenvalue weighted by atomic mass is 16.4. The average molecular weight is 260 g/mol. The zero-order valence-electron chi connectivity index (χ0n) is 11.1. The molecule has 2 aromatic rings. The fourth-order valence-corrected chi connectivity index (χ4v) is 2.17. The van der Waals surface area contributed by atoms with Gasteiger partial charge < -0.3 is 15.0 Å². The van der Waals surface area contributed by atoms with Crippen LogP contribution < -0.4 is 5.32 Å². The van der Waals surface area contributed by atoms with Crippen molar-refractivity contribution in [1.82, 2.24) is 9.88 Å². The first kappa shape index (κ1) is 13.1. The molecule has 0 fully saturated rings. The number of hydrogen-bond donors (Lipinski definition) is 2. The Hall–Kier alpha value is -2.30. The van der Waals surface area contributed by atoms with Crippen LogP contribution in [0.2, 0.25) is 0 Å². The van der Waals surface area contributed by atoms with Crippen LogP contribution >= 0.6 is 0 Å². The molecule has 0 saturated carbocycles. The number of aromatic nitrogens is 1. The van der Waals surface area contributed by atoms with E-state index < -0.39 is 12.0 Å². The molecule has 2 N–H and O–H groups in total. The van der Waals surface area contributed by atoms with Crippen LogP contribution in [-0.2, 0) is 11.8 Å². The summed E-state index contributed by atoms with van der Waals surface area (Å²) < 4.78 is 1.79. The maximum atomic E-state index is 12.1. The number of fused-ring (bicyclic) bond motifs is 1. The molecule has 0 saturated heterocycles. The second-order valence-corrected chi connectivity index (χ2v) is 4.63.